The molecule has 0 N–H and O–H groups in total. The van der Waals surface area contributed by atoms with Gasteiger partial charge >= 0.3 is 0 Å². The van der Waals surface area contributed by atoms with E-state index in [0.717, 1.165) is 23.7 Å². The van der Waals surface area contributed by atoms with E-state index in [0.29, 0.717) is 0 Å². The summed E-state index contributed by atoms with van der Waals surface area (Å²) in [6.45, 7) is 5.31. The summed E-state index contributed by atoms with van der Waals surface area (Å²) in [6, 6.07) is 0. The van der Waals surface area contributed by atoms with Gasteiger partial charge in [-0.25, -0.2) is 0 Å². The van der Waals surface area contributed by atoms with E-state index in [4.69, 9.17) is 0 Å². The first-order valence-corrected chi connectivity index (χ1v) is 8.24. The maximum atomic E-state index is 4.67. The summed E-state index contributed by atoms with van der Waals surface area (Å²) in [6.07, 6.45) is 6.15. The maximum Gasteiger partial charge on any atom is 0.0766 e. The Hall–Kier alpha value is 0.170. The largest absolute Gasteiger partial charge is 0.268 e. The van der Waals surface area contributed by atoms with E-state index >= 15 is 0 Å². The van der Waals surface area contributed by atoms with Crippen molar-refractivity contribution >= 4 is 31.9 Å². The summed E-state index contributed by atoms with van der Waals surface area (Å²) in [5.41, 5.74) is 2.60. The molecule has 1 aliphatic carbocycles. The van der Waals surface area contributed by atoms with Crippen molar-refractivity contribution in [2.75, 3.05) is 0 Å². The molecule has 0 spiro atoms. The highest BCUT2D eigenvalue weighted by Crippen LogP contribution is 2.35. The lowest BCUT2D eigenvalue weighted by molar-refractivity contribution is 0.507. The number of alkyl halides is 1. The van der Waals surface area contributed by atoms with E-state index in [2.05, 4.69) is 55.5 Å². The van der Waals surface area contributed by atoms with E-state index in [-0.39, 0.29) is 0 Å². The molecule has 96 valence electrons. The molecular formula is C13H20Br2N2. The number of aromatic nitrogens is 2. The molecule has 17 heavy (non-hydrogen) atoms. The fourth-order valence-corrected chi connectivity index (χ4v) is 4.20. The van der Waals surface area contributed by atoms with E-state index < -0.39 is 0 Å². The Bertz CT molecular complexity index is 387. The van der Waals surface area contributed by atoms with E-state index in [9.17, 15) is 0 Å². The van der Waals surface area contributed by atoms with Crippen LogP contribution in [0.1, 0.15) is 44.5 Å². The van der Waals surface area contributed by atoms with Gasteiger partial charge in [-0.15, -0.1) is 0 Å². The Labute approximate surface area is 120 Å². The summed E-state index contributed by atoms with van der Waals surface area (Å²) in [5, 5.41) is 4.67. The second-order valence-corrected chi connectivity index (χ2v) is 6.95. The molecule has 1 aromatic heterocycles. The monoisotopic (exact) mass is 362 g/mol. The van der Waals surface area contributed by atoms with Crippen LogP contribution in [0.4, 0.5) is 0 Å². The minimum absolute atomic E-state index is 0.731. The zero-order valence-corrected chi connectivity index (χ0v) is 13.7. The number of aryl methyl sites for hydroxylation is 2. The SMILES string of the molecule is CCc1nn(CC)c(CC2CCC(Br)C2)c1Br. The van der Waals surface area contributed by atoms with Crippen molar-refractivity contribution in [3.8, 4) is 0 Å². The topological polar surface area (TPSA) is 17.8 Å². The van der Waals surface area contributed by atoms with Gasteiger partial charge in [0.15, 0.2) is 0 Å². The van der Waals surface area contributed by atoms with Gasteiger partial charge in [-0.05, 0) is 60.9 Å². The average molecular weight is 364 g/mol. The molecule has 1 saturated carbocycles. The number of rotatable bonds is 4. The Morgan fingerprint density at radius 2 is 2.12 bits per heavy atom. The number of halogens is 2. The highest BCUT2D eigenvalue weighted by molar-refractivity contribution is 9.10. The lowest BCUT2D eigenvalue weighted by Crippen LogP contribution is -2.08. The minimum atomic E-state index is 0.731. The summed E-state index contributed by atoms with van der Waals surface area (Å²) in [5.74, 6) is 0.822. The molecule has 2 rings (SSSR count). The molecule has 2 unspecified atom stereocenters. The second-order valence-electron chi connectivity index (χ2n) is 4.86. The number of hydrogen-bond donors (Lipinski definition) is 0. The Balaban J connectivity index is 2.16. The molecule has 0 radical (unpaired) electrons. The third-order valence-electron chi connectivity index (χ3n) is 3.65. The molecule has 2 atom stereocenters. The highest BCUT2D eigenvalue weighted by Gasteiger charge is 2.25. The van der Waals surface area contributed by atoms with Crippen molar-refractivity contribution in [2.24, 2.45) is 5.92 Å². The average Bonchev–Trinajstić information content (AvgIpc) is 2.85. The van der Waals surface area contributed by atoms with Crippen molar-refractivity contribution in [3.63, 3.8) is 0 Å². The minimum Gasteiger partial charge on any atom is -0.268 e. The molecule has 4 heteroatoms. The molecular weight excluding hydrogens is 344 g/mol. The van der Waals surface area contributed by atoms with Crippen LogP contribution in [0.3, 0.4) is 0 Å². The van der Waals surface area contributed by atoms with Crippen LogP contribution in [0.15, 0.2) is 4.47 Å². The first-order chi connectivity index (χ1) is 8.15. The Morgan fingerprint density at radius 1 is 1.35 bits per heavy atom. The molecule has 1 heterocycles. The van der Waals surface area contributed by atoms with E-state index in [1.54, 1.807) is 0 Å². The maximum absolute atomic E-state index is 4.67. The van der Waals surface area contributed by atoms with Crippen LogP contribution < -0.4 is 0 Å². The third-order valence-corrected chi connectivity index (χ3v) is 5.40. The molecule has 0 saturated heterocycles. The van der Waals surface area contributed by atoms with Gasteiger partial charge in [-0.3, -0.25) is 4.68 Å². The Kier molecular flexibility index (Phi) is 4.70. The van der Waals surface area contributed by atoms with Gasteiger partial charge in [0, 0.05) is 11.4 Å². The van der Waals surface area contributed by atoms with Gasteiger partial charge in [0.05, 0.1) is 15.9 Å². The zero-order valence-electron chi connectivity index (χ0n) is 10.5. The first-order valence-electron chi connectivity index (χ1n) is 6.53. The summed E-state index contributed by atoms with van der Waals surface area (Å²) < 4.78 is 3.42. The van der Waals surface area contributed by atoms with Crippen molar-refractivity contribution in [2.45, 2.75) is 57.3 Å². The standard InChI is InChI=1S/C13H20Br2N2/c1-3-11-13(15)12(17(4-2)16-11)8-9-5-6-10(14)7-9/h9-10H,3-8H2,1-2H3. The van der Waals surface area contributed by atoms with Gasteiger partial charge in [-0.2, -0.15) is 5.10 Å². The third kappa shape index (κ3) is 2.95. The van der Waals surface area contributed by atoms with Crippen molar-refractivity contribution in [1.82, 2.24) is 9.78 Å². The van der Waals surface area contributed by atoms with E-state index in [1.165, 1.54) is 41.5 Å². The lowest BCUT2D eigenvalue weighted by atomic mass is 10.0. The van der Waals surface area contributed by atoms with Crippen LogP contribution in [0.5, 0.6) is 0 Å². The molecule has 2 nitrogen and oxygen atoms in total. The Morgan fingerprint density at radius 3 is 2.65 bits per heavy atom. The fraction of sp³-hybridized carbons (Fsp3) is 0.769. The number of nitrogens with zero attached hydrogens (tertiary/aromatic N) is 2. The van der Waals surface area contributed by atoms with Gasteiger partial charge < -0.3 is 0 Å². The van der Waals surface area contributed by atoms with Crippen molar-refractivity contribution < 1.29 is 0 Å². The van der Waals surface area contributed by atoms with Crippen LogP contribution >= 0.6 is 31.9 Å². The zero-order chi connectivity index (χ0) is 12.4. The van der Waals surface area contributed by atoms with Gasteiger partial charge in [0.1, 0.15) is 0 Å². The fourth-order valence-electron chi connectivity index (χ4n) is 2.69. The van der Waals surface area contributed by atoms with Crippen LogP contribution in [-0.2, 0) is 19.4 Å². The van der Waals surface area contributed by atoms with Crippen LogP contribution in [0.2, 0.25) is 0 Å². The summed E-state index contributed by atoms with van der Waals surface area (Å²) in [4.78, 5) is 0.731. The molecule has 0 amide bonds. The van der Waals surface area contributed by atoms with Gasteiger partial charge in [-0.1, -0.05) is 22.9 Å². The molecule has 1 aliphatic rings. The predicted octanol–water partition coefficient (Wildman–Crippen LogP) is 4.33. The molecule has 0 aromatic carbocycles. The van der Waals surface area contributed by atoms with Crippen molar-refractivity contribution in [1.29, 1.82) is 0 Å². The summed E-state index contributed by atoms with van der Waals surface area (Å²) >= 11 is 7.46. The summed E-state index contributed by atoms with van der Waals surface area (Å²) in [7, 11) is 0. The van der Waals surface area contributed by atoms with Crippen LogP contribution in [-0.4, -0.2) is 14.6 Å². The smallest absolute Gasteiger partial charge is 0.0766 e. The second kappa shape index (κ2) is 5.87. The normalized spacial score (nSPS) is 24.5. The lowest BCUT2D eigenvalue weighted by Gasteiger charge is -2.11. The highest BCUT2D eigenvalue weighted by atomic mass is 79.9. The first kappa shape index (κ1) is 13.6. The molecule has 0 bridgehead atoms. The van der Waals surface area contributed by atoms with Crippen LogP contribution in [0, 0.1) is 5.92 Å². The molecule has 0 aliphatic heterocycles. The number of hydrogen-bond acceptors (Lipinski definition) is 1. The molecule has 1 aromatic rings. The van der Waals surface area contributed by atoms with Crippen LogP contribution in [0.25, 0.3) is 0 Å². The predicted molar refractivity (Wildman–Crippen MR) is 78.7 cm³/mol. The van der Waals surface area contributed by atoms with E-state index in [1.807, 2.05) is 0 Å². The van der Waals surface area contributed by atoms with Gasteiger partial charge in [0.2, 0.25) is 0 Å². The molecule has 1 fully saturated rings. The van der Waals surface area contributed by atoms with Gasteiger partial charge in [0.25, 0.3) is 0 Å². The van der Waals surface area contributed by atoms with Crippen molar-refractivity contribution in [3.05, 3.63) is 15.9 Å². The quantitative estimate of drug-likeness (QED) is 0.728.